The van der Waals surface area contributed by atoms with E-state index in [-0.39, 0.29) is 16.5 Å². The summed E-state index contributed by atoms with van der Waals surface area (Å²) in [5, 5.41) is 0. The maximum absolute atomic E-state index is 12.4. The molecular formula is C55H76N2Ni. The van der Waals surface area contributed by atoms with Crippen LogP contribution in [0.2, 0.25) is 0 Å². The molecule has 0 aliphatic carbocycles. The Morgan fingerprint density at radius 1 is 0.431 bits per heavy atom. The maximum Gasteiger partial charge on any atom is 2.00 e. The molecule has 3 heteroatoms. The summed E-state index contributed by atoms with van der Waals surface area (Å²) in [6.07, 6.45) is 19.6. The number of allylic oxidation sites excluding steroid dienone is 2. The number of nitrogens with zero attached hydrogens (tertiary/aromatic N) is 2. The monoisotopic (exact) mass is 823 g/mol. The quantitative estimate of drug-likeness (QED) is 0.0390. The zero-order valence-corrected chi connectivity index (χ0v) is 38.7. The Morgan fingerprint density at radius 2 is 0.741 bits per heavy atom. The van der Waals surface area contributed by atoms with E-state index < -0.39 is 0 Å². The van der Waals surface area contributed by atoms with E-state index in [1.165, 1.54) is 113 Å². The minimum Gasteiger partial charge on any atom is -0.493 e. The minimum atomic E-state index is 0. The summed E-state index contributed by atoms with van der Waals surface area (Å²) in [4.78, 5) is 0. The van der Waals surface area contributed by atoms with Crippen LogP contribution >= 0.6 is 0 Å². The summed E-state index contributed by atoms with van der Waals surface area (Å²) in [7, 11) is 0. The Kier molecular flexibility index (Phi) is 24.1. The minimum absolute atomic E-state index is 0. The topological polar surface area (TPSA) is 25.3 Å². The van der Waals surface area contributed by atoms with Crippen LogP contribution < -0.4 is 0 Å². The Hall–Kier alpha value is -3.81. The van der Waals surface area contributed by atoms with Crippen LogP contribution in [0.25, 0.3) is 16.9 Å². The molecule has 1 aliphatic rings. The van der Waals surface area contributed by atoms with E-state index in [2.05, 4.69) is 93.5 Å². The van der Waals surface area contributed by atoms with Gasteiger partial charge >= 0.3 is 16.5 Å². The van der Waals surface area contributed by atoms with Crippen molar-refractivity contribution in [2.24, 2.45) is 0 Å². The molecule has 0 radical (unpaired) electrons. The summed E-state index contributed by atoms with van der Waals surface area (Å²) < 4.78 is 1.63. The first-order chi connectivity index (χ1) is 27.7. The molecule has 1 heterocycles. The molecule has 58 heavy (non-hydrogen) atoms. The first-order valence-electron chi connectivity index (χ1n) is 22.7. The third kappa shape index (κ3) is 14.5. The van der Waals surface area contributed by atoms with Gasteiger partial charge in [-0.2, -0.15) is 49.2 Å². The van der Waals surface area contributed by atoms with E-state index in [1.807, 2.05) is 60.7 Å². The van der Waals surface area contributed by atoms with E-state index in [4.69, 9.17) is 0 Å². The number of aryl methyl sites for hydroxylation is 4. The molecule has 0 aromatic heterocycles. The Morgan fingerprint density at radius 3 is 1.03 bits per heavy atom. The van der Waals surface area contributed by atoms with Gasteiger partial charge in [0.1, 0.15) is 0 Å². The molecule has 0 N–H and O–H groups in total. The molecule has 0 bridgehead atoms. The van der Waals surface area contributed by atoms with Crippen LogP contribution in [-0.2, 0) is 55.0 Å². The first kappa shape index (κ1) is 50.3. The van der Waals surface area contributed by atoms with Crippen molar-refractivity contribution in [2.45, 2.75) is 165 Å². The van der Waals surface area contributed by atoms with Crippen molar-refractivity contribution in [3.63, 3.8) is 0 Å². The van der Waals surface area contributed by atoms with Crippen molar-refractivity contribution < 1.29 is 21.2 Å². The van der Waals surface area contributed by atoms with E-state index >= 15 is 0 Å². The largest absolute Gasteiger partial charge is 2.00 e. The van der Waals surface area contributed by atoms with Crippen molar-refractivity contribution in [1.29, 1.82) is 0 Å². The molecule has 0 fully saturated rings. The molecule has 0 saturated carbocycles. The standard InChI is InChI=1S/C41H62N2.2C7H7.Ni/c1-9-17-19-20-21-23-25-39-38(24-22-18-10-2)40(34-26-30(11-3)36(15-7)31(12-4)27-34)43(42)41(39)35-28-32(13-5)37(16-8)33(14-6)29-35;2*1-7-5-3-2-4-6-7;/h26-29H,9-25H2,1-8H3;2*2-6H,1H2;/q;2*-1;+2. The second-order valence-corrected chi connectivity index (χ2v) is 15.6. The molecule has 0 spiro atoms. The zero-order chi connectivity index (χ0) is 41.6. The SMILES string of the molecule is CCCCCCCCC1=C(c2cc(CC)c(CC)c(CC)c2)[N+](=[N-])C(c2cc(CC)c(CC)c(CC)c2)=C1CCCCC.[CH2-]c1ccccc1.[CH2-]c1ccccc1.[Ni+2]. The molecule has 5 rings (SSSR count). The van der Waals surface area contributed by atoms with Gasteiger partial charge in [-0.15, -0.1) is 24.3 Å². The summed E-state index contributed by atoms with van der Waals surface area (Å²) >= 11 is 0. The van der Waals surface area contributed by atoms with Crippen molar-refractivity contribution in [1.82, 2.24) is 0 Å². The molecule has 4 aromatic rings. The molecule has 0 amide bonds. The van der Waals surface area contributed by atoms with Gasteiger partial charge in [-0.05, 0) is 122 Å². The van der Waals surface area contributed by atoms with Crippen molar-refractivity contribution in [3.8, 4) is 0 Å². The molecule has 1 aliphatic heterocycles. The average molecular weight is 824 g/mol. The second-order valence-electron chi connectivity index (χ2n) is 15.6. The van der Waals surface area contributed by atoms with Crippen LogP contribution in [0, 0.1) is 13.8 Å². The van der Waals surface area contributed by atoms with E-state index in [1.54, 1.807) is 4.70 Å². The van der Waals surface area contributed by atoms with Gasteiger partial charge in [-0.25, -0.2) is 4.70 Å². The molecule has 0 unspecified atom stereocenters. The molecule has 2 nitrogen and oxygen atoms in total. The Labute approximate surface area is 366 Å². The fraction of sp³-hybridized carbons (Fsp3) is 0.455. The number of rotatable bonds is 19. The zero-order valence-electron chi connectivity index (χ0n) is 37.7. The Balaban J connectivity index is 0.000000644. The normalized spacial score (nSPS) is 12.2. The Bertz CT molecular complexity index is 1780. The van der Waals surface area contributed by atoms with E-state index in [9.17, 15) is 5.53 Å². The molecule has 316 valence electrons. The van der Waals surface area contributed by atoms with Crippen LogP contribution in [0.4, 0.5) is 0 Å². The molecule has 0 saturated heterocycles. The van der Waals surface area contributed by atoms with Gasteiger partial charge in [0.15, 0.2) is 0 Å². The van der Waals surface area contributed by atoms with Crippen LogP contribution in [0.1, 0.15) is 182 Å². The molecule has 4 aromatic carbocycles. The van der Waals surface area contributed by atoms with Crippen molar-refractivity contribution >= 4 is 11.4 Å². The van der Waals surface area contributed by atoms with E-state index in [0.29, 0.717) is 0 Å². The van der Waals surface area contributed by atoms with E-state index in [0.717, 1.165) is 73.9 Å². The van der Waals surface area contributed by atoms with Gasteiger partial charge in [-0.1, -0.05) is 112 Å². The number of unbranched alkanes of at least 4 members (excludes halogenated alkanes) is 7. The van der Waals surface area contributed by atoms with Gasteiger partial charge in [0, 0.05) is 22.3 Å². The van der Waals surface area contributed by atoms with Gasteiger partial charge in [-0.3, -0.25) is 0 Å². The summed E-state index contributed by atoms with van der Waals surface area (Å²) in [6, 6.07) is 29.4. The summed E-state index contributed by atoms with van der Waals surface area (Å²) in [5.74, 6) is 0. The van der Waals surface area contributed by atoms with Crippen LogP contribution in [0.3, 0.4) is 0 Å². The fourth-order valence-corrected chi connectivity index (χ4v) is 8.41. The third-order valence-electron chi connectivity index (χ3n) is 11.5. The first-order valence-corrected chi connectivity index (χ1v) is 22.7. The van der Waals surface area contributed by atoms with Gasteiger partial charge in [0.25, 0.3) is 0 Å². The van der Waals surface area contributed by atoms with Crippen molar-refractivity contribution in [3.05, 3.63) is 171 Å². The average Bonchev–Trinajstić information content (AvgIpc) is 3.51. The summed E-state index contributed by atoms with van der Waals surface area (Å²) in [6.45, 7) is 25.7. The van der Waals surface area contributed by atoms with Gasteiger partial charge < -0.3 is 5.53 Å². The molecular weight excluding hydrogens is 747 g/mol. The number of hydrogen-bond acceptors (Lipinski definition) is 0. The van der Waals surface area contributed by atoms with Crippen LogP contribution in [-0.4, -0.2) is 4.70 Å². The van der Waals surface area contributed by atoms with Gasteiger partial charge in [0.2, 0.25) is 11.4 Å². The predicted molar refractivity (Wildman–Crippen MR) is 251 cm³/mol. The third-order valence-corrected chi connectivity index (χ3v) is 11.5. The van der Waals surface area contributed by atoms with Crippen LogP contribution in [0.5, 0.6) is 0 Å². The maximum atomic E-state index is 12.4. The van der Waals surface area contributed by atoms with Crippen molar-refractivity contribution in [2.75, 3.05) is 0 Å². The van der Waals surface area contributed by atoms with Gasteiger partial charge in [0.05, 0.1) is 0 Å². The number of hydrogen-bond donors (Lipinski definition) is 0. The molecule has 0 atom stereocenters. The smallest absolute Gasteiger partial charge is 0.493 e. The number of benzene rings is 4. The predicted octanol–water partition coefficient (Wildman–Crippen LogP) is 16.3. The second kappa shape index (κ2) is 27.8. The van der Waals surface area contributed by atoms with Crippen LogP contribution in [0.15, 0.2) is 96.1 Å². The fourth-order valence-electron chi connectivity index (χ4n) is 8.41. The summed E-state index contributed by atoms with van der Waals surface area (Å²) in [5.41, 5.74) is 30.5.